The van der Waals surface area contributed by atoms with E-state index in [-0.39, 0.29) is 12.3 Å². The van der Waals surface area contributed by atoms with Gasteiger partial charge >= 0.3 is 6.18 Å². The fraction of sp³-hybridized carbons (Fsp3) is 0.462. The van der Waals surface area contributed by atoms with Crippen molar-refractivity contribution in [3.05, 3.63) is 29.8 Å². The molecule has 1 aromatic carbocycles. The number of ether oxygens (including phenoxy) is 1. The molecule has 0 saturated carbocycles. The molecule has 1 amide bonds. The van der Waals surface area contributed by atoms with Crippen molar-refractivity contribution < 1.29 is 31.1 Å². The SMILES string of the molecule is CC(Oc1ccccc1C(F)(F)F)C(=O)N1CCCS1(=O)=O. The number of amides is 1. The van der Waals surface area contributed by atoms with E-state index < -0.39 is 39.5 Å². The molecule has 1 unspecified atom stereocenters. The molecule has 1 aromatic rings. The summed E-state index contributed by atoms with van der Waals surface area (Å²) in [6.45, 7) is 1.25. The molecule has 22 heavy (non-hydrogen) atoms. The number of hydrogen-bond acceptors (Lipinski definition) is 4. The van der Waals surface area contributed by atoms with Crippen LogP contribution < -0.4 is 4.74 Å². The van der Waals surface area contributed by atoms with Crippen molar-refractivity contribution in [3.63, 3.8) is 0 Å². The molecule has 0 N–H and O–H groups in total. The number of carbonyl (C=O) groups excluding carboxylic acids is 1. The summed E-state index contributed by atoms with van der Waals surface area (Å²) in [5.74, 6) is -1.52. The van der Waals surface area contributed by atoms with E-state index in [9.17, 15) is 26.4 Å². The van der Waals surface area contributed by atoms with E-state index in [2.05, 4.69) is 0 Å². The number of halogens is 3. The van der Waals surface area contributed by atoms with Crippen molar-refractivity contribution in [2.75, 3.05) is 12.3 Å². The number of carbonyl (C=O) groups is 1. The van der Waals surface area contributed by atoms with Crippen molar-refractivity contribution in [2.45, 2.75) is 25.6 Å². The molecule has 1 atom stereocenters. The number of sulfonamides is 1. The van der Waals surface area contributed by atoms with Crippen molar-refractivity contribution in [1.82, 2.24) is 4.31 Å². The molecule has 0 aliphatic carbocycles. The highest BCUT2D eigenvalue weighted by Gasteiger charge is 2.38. The Morgan fingerprint density at radius 1 is 1.32 bits per heavy atom. The number of rotatable bonds is 3. The van der Waals surface area contributed by atoms with Gasteiger partial charge in [-0.3, -0.25) is 4.79 Å². The molecule has 0 aromatic heterocycles. The Balaban J connectivity index is 2.20. The van der Waals surface area contributed by atoms with Gasteiger partial charge in [-0.1, -0.05) is 12.1 Å². The lowest BCUT2D eigenvalue weighted by atomic mass is 10.2. The van der Waals surface area contributed by atoms with Crippen molar-refractivity contribution in [3.8, 4) is 5.75 Å². The van der Waals surface area contributed by atoms with Gasteiger partial charge in [-0.25, -0.2) is 12.7 Å². The maximum Gasteiger partial charge on any atom is 0.419 e. The van der Waals surface area contributed by atoms with Crippen LogP contribution in [-0.2, 0) is 21.0 Å². The van der Waals surface area contributed by atoms with E-state index in [1.54, 1.807) is 0 Å². The molecule has 1 saturated heterocycles. The molecular formula is C13H14F3NO4S. The zero-order valence-corrected chi connectivity index (χ0v) is 12.4. The monoisotopic (exact) mass is 337 g/mol. The van der Waals surface area contributed by atoms with Gasteiger partial charge in [0.2, 0.25) is 10.0 Å². The highest BCUT2D eigenvalue weighted by molar-refractivity contribution is 7.89. The van der Waals surface area contributed by atoms with E-state index >= 15 is 0 Å². The molecule has 9 heteroatoms. The van der Waals surface area contributed by atoms with Crippen LogP contribution in [0, 0.1) is 0 Å². The van der Waals surface area contributed by atoms with Crippen LogP contribution in [0.1, 0.15) is 18.9 Å². The summed E-state index contributed by atoms with van der Waals surface area (Å²) in [6.07, 6.45) is -5.66. The number of hydrogen-bond donors (Lipinski definition) is 0. The highest BCUT2D eigenvalue weighted by atomic mass is 32.2. The average Bonchev–Trinajstić information content (AvgIpc) is 2.76. The average molecular weight is 337 g/mol. The van der Waals surface area contributed by atoms with E-state index in [4.69, 9.17) is 4.74 Å². The first kappa shape index (κ1) is 16.6. The molecule has 5 nitrogen and oxygen atoms in total. The second-order valence-corrected chi connectivity index (χ2v) is 6.85. The molecule has 1 heterocycles. The Morgan fingerprint density at radius 3 is 2.50 bits per heavy atom. The van der Waals surface area contributed by atoms with Crippen LogP contribution in [-0.4, -0.2) is 37.0 Å². The van der Waals surface area contributed by atoms with Gasteiger partial charge in [0.1, 0.15) is 5.75 Å². The number of nitrogens with zero attached hydrogens (tertiary/aromatic N) is 1. The van der Waals surface area contributed by atoms with Crippen LogP contribution in [0.25, 0.3) is 0 Å². The van der Waals surface area contributed by atoms with Crippen LogP contribution in [0.2, 0.25) is 0 Å². The number of alkyl halides is 3. The molecule has 0 radical (unpaired) electrons. The molecule has 1 aliphatic rings. The summed E-state index contributed by atoms with van der Waals surface area (Å²) < 4.78 is 67.6. The zero-order chi connectivity index (χ0) is 16.5. The molecule has 122 valence electrons. The van der Waals surface area contributed by atoms with Crippen LogP contribution in [0.15, 0.2) is 24.3 Å². The maximum atomic E-state index is 12.9. The topological polar surface area (TPSA) is 63.7 Å². The molecule has 1 fully saturated rings. The van der Waals surface area contributed by atoms with Crippen molar-refractivity contribution >= 4 is 15.9 Å². The third-order valence-corrected chi connectivity index (χ3v) is 5.03. The van der Waals surface area contributed by atoms with Gasteiger partial charge in [-0.05, 0) is 25.5 Å². The molecule has 2 rings (SSSR count). The van der Waals surface area contributed by atoms with E-state index in [0.717, 1.165) is 12.1 Å². The number of para-hydroxylation sites is 1. The van der Waals surface area contributed by atoms with Gasteiger partial charge in [0.25, 0.3) is 5.91 Å². The predicted molar refractivity (Wildman–Crippen MR) is 71.7 cm³/mol. The molecular weight excluding hydrogens is 323 g/mol. The van der Waals surface area contributed by atoms with Gasteiger partial charge in [0.05, 0.1) is 11.3 Å². The fourth-order valence-corrected chi connectivity index (χ4v) is 3.68. The van der Waals surface area contributed by atoms with E-state index in [1.807, 2.05) is 0 Å². The molecule has 0 spiro atoms. The summed E-state index contributed by atoms with van der Waals surface area (Å²) in [6, 6.07) is 4.46. The minimum Gasteiger partial charge on any atom is -0.480 e. The Hall–Kier alpha value is -1.77. The summed E-state index contributed by atoms with van der Waals surface area (Å²) in [5.41, 5.74) is -1.01. The summed E-state index contributed by atoms with van der Waals surface area (Å²) in [5, 5.41) is 0. The lowest BCUT2D eigenvalue weighted by Crippen LogP contribution is -2.41. The van der Waals surface area contributed by atoms with Crippen molar-refractivity contribution in [2.24, 2.45) is 0 Å². The van der Waals surface area contributed by atoms with Crippen LogP contribution >= 0.6 is 0 Å². The van der Waals surface area contributed by atoms with Gasteiger partial charge in [0.15, 0.2) is 6.10 Å². The normalized spacial score (nSPS) is 19.0. The van der Waals surface area contributed by atoms with Gasteiger partial charge < -0.3 is 4.74 Å². The van der Waals surface area contributed by atoms with Gasteiger partial charge in [-0.15, -0.1) is 0 Å². The second-order valence-electron chi connectivity index (χ2n) is 4.83. The van der Waals surface area contributed by atoms with Crippen LogP contribution in [0.4, 0.5) is 13.2 Å². The molecule has 1 aliphatic heterocycles. The first-order valence-corrected chi connectivity index (χ1v) is 8.11. The fourth-order valence-electron chi connectivity index (χ4n) is 2.13. The lowest BCUT2D eigenvalue weighted by Gasteiger charge is -2.22. The molecule has 0 bridgehead atoms. The van der Waals surface area contributed by atoms with Gasteiger partial charge in [0, 0.05) is 6.54 Å². The Bertz CT molecular complexity index is 672. The third kappa shape index (κ3) is 3.34. The second kappa shape index (κ2) is 5.79. The Kier molecular flexibility index (Phi) is 4.37. The third-order valence-electron chi connectivity index (χ3n) is 3.19. The lowest BCUT2D eigenvalue weighted by molar-refractivity contribution is -0.141. The quantitative estimate of drug-likeness (QED) is 0.847. The minimum absolute atomic E-state index is 0.0236. The smallest absolute Gasteiger partial charge is 0.419 e. The minimum atomic E-state index is -4.63. The summed E-state index contributed by atoms with van der Waals surface area (Å²) in [7, 11) is -3.68. The van der Waals surface area contributed by atoms with Gasteiger partial charge in [-0.2, -0.15) is 13.2 Å². The van der Waals surface area contributed by atoms with Crippen molar-refractivity contribution in [1.29, 1.82) is 0 Å². The Labute approximate surface area is 125 Å². The number of benzene rings is 1. The first-order valence-electron chi connectivity index (χ1n) is 6.50. The maximum absolute atomic E-state index is 12.9. The van der Waals surface area contributed by atoms with E-state index in [1.165, 1.54) is 19.1 Å². The Morgan fingerprint density at radius 2 is 1.95 bits per heavy atom. The predicted octanol–water partition coefficient (Wildman–Crippen LogP) is 2.03. The zero-order valence-electron chi connectivity index (χ0n) is 11.6. The van der Waals surface area contributed by atoms with Crippen LogP contribution in [0.5, 0.6) is 5.75 Å². The first-order chi connectivity index (χ1) is 10.1. The summed E-state index contributed by atoms with van der Waals surface area (Å²) in [4.78, 5) is 12.1. The van der Waals surface area contributed by atoms with Crippen LogP contribution in [0.3, 0.4) is 0 Å². The van der Waals surface area contributed by atoms with E-state index in [0.29, 0.717) is 10.7 Å². The highest BCUT2D eigenvalue weighted by Crippen LogP contribution is 2.36. The summed E-state index contributed by atoms with van der Waals surface area (Å²) >= 11 is 0. The standard InChI is InChI=1S/C13H14F3NO4S/c1-9(12(18)17-7-4-8-22(17,19)20)21-11-6-3-2-5-10(11)13(14,15)16/h2-3,5-6,9H,4,7-8H2,1H3. The largest absolute Gasteiger partial charge is 0.480 e.